The summed E-state index contributed by atoms with van der Waals surface area (Å²) in [5, 5.41) is 10.5. The van der Waals surface area contributed by atoms with Gasteiger partial charge in [0.25, 0.3) is 0 Å². The number of piperidine rings is 1. The zero-order valence-electron chi connectivity index (χ0n) is 15.4. The molecule has 1 saturated heterocycles. The molecular weight excluding hydrogens is 332 g/mol. The molecule has 0 aromatic carbocycles. The summed E-state index contributed by atoms with van der Waals surface area (Å²) in [4.78, 5) is 7.20. The van der Waals surface area contributed by atoms with E-state index in [9.17, 15) is 0 Å². The maximum Gasteiger partial charge on any atom is 0.191 e. The van der Waals surface area contributed by atoms with Gasteiger partial charge in [-0.25, -0.2) is 0 Å². The van der Waals surface area contributed by atoms with Crippen molar-refractivity contribution in [3.8, 4) is 0 Å². The number of aliphatic imine (C=N–C) groups is 1. The van der Waals surface area contributed by atoms with Gasteiger partial charge in [-0.3, -0.25) is 4.99 Å². The van der Waals surface area contributed by atoms with Gasteiger partial charge in [-0.1, -0.05) is 0 Å². The summed E-state index contributed by atoms with van der Waals surface area (Å²) in [5.74, 6) is 1.81. The molecule has 0 amide bonds. The Labute approximate surface area is 155 Å². The largest absolute Gasteiger partial charge is 0.381 e. The summed E-state index contributed by atoms with van der Waals surface area (Å²) in [6.07, 6.45) is 6.04. The van der Waals surface area contributed by atoms with Gasteiger partial charge < -0.3 is 20.3 Å². The molecule has 2 N–H and O–H groups in total. The second-order valence-electron chi connectivity index (χ2n) is 6.99. The Kier molecular flexibility index (Phi) is 7.42. The van der Waals surface area contributed by atoms with Crippen LogP contribution in [0.2, 0.25) is 0 Å². The smallest absolute Gasteiger partial charge is 0.191 e. The number of nitrogens with zero attached hydrogens (tertiary/aromatic N) is 2. The minimum absolute atomic E-state index is 0.514. The molecule has 140 valence electrons. The summed E-state index contributed by atoms with van der Waals surface area (Å²) in [6, 6.07) is 4.87. The molecule has 25 heavy (non-hydrogen) atoms. The van der Waals surface area contributed by atoms with E-state index in [1.807, 2.05) is 11.3 Å². The van der Waals surface area contributed by atoms with Crippen molar-refractivity contribution in [2.75, 3.05) is 44.3 Å². The van der Waals surface area contributed by atoms with E-state index in [0.29, 0.717) is 6.04 Å². The van der Waals surface area contributed by atoms with E-state index in [4.69, 9.17) is 9.73 Å². The Balaban J connectivity index is 1.35. The Morgan fingerprint density at radius 3 is 2.84 bits per heavy atom. The molecule has 2 aliphatic rings. The van der Waals surface area contributed by atoms with Crippen LogP contribution in [0.4, 0.5) is 5.00 Å². The highest BCUT2D eigenvalue weighted by Gasteiger charge is 2.21. The maximum atomic E-state index is 5.68. The van der Waals surface area contributed by atoms with E-state index in [-0.39, 0.29) is 0 Å². The van der Waals surface area contributed by atoms with Crippen LogP contribution < -0.4 is 15.5 Å². The number of nitrogens with one attached hydrogen (secondary N) is 2. The summed E-state index contributed by atoms with van der Waals surface area (Å²) >= 11 is 1.83. The minimum atomic E-state index is 0.514. The average molecular weight is 365 g/mol. The third-order valence-corrected chi connectivity index (χ3v) is 5.69. The van der Waals surface area contributed by atoms with Crippen molar-refractivity contribution in [2.24, 2.45) is 10.9 Å². The molecule has 0 unspecified atom stereocenters. The monoisotopic (exact) mass is 364 g/mol. The lowest BCUT2D eigenvalue weighted by Gasteiger charge is -2.33. The van der Waals surface area contributed by atoms with Crippen LogP contribution in [0.3, 0.4) is 0 Å². The van der Waals surface area contributed by atoms with Crippen LogP contribution in [0.15, 0.2) is 22.5 Å². The molecule has 1 aliphatic carbocycles. The Bertz CT molecular complexity index is 508. The summed E-state index contributed by atoms with van der Waals surface area (Å²) in [5.41, 5.74) is 0. The van der Waals surface area contributed by atoms with Gasteiger partial charge in [0.2, 0.25) is 0 Å². The van der Waals surface area contributed by atoms with Crippen molar-refractivity contribution in [3.05, 3.63) is 17.5 Å². The molecule has 6 heteroatoms. The quantitative estimate of drug-likeness (QED) is 0.402. The third kappa shape index (κ3) is 6.51. The van der Waals surface area contributed by atoms with Crippen LogP contribution in [0.1, 0.15) is 39.0 Å². The molecular formula is C19H32N4OS. The van der Waals surface area contributed by atoms with Gasteiger partial charge in [-0.05, 0) is 62.5 Å². The minimum Gasteiger partial charge on any atom is -0.381 e. The fourth-order valence-corrected chi connectivity index (χ4v) is 3.88. The molecule has 3 rings (SSSR count). The number of ether oxygens (including phenoxy) is 1. The summed E-state index contributed by atoms with van der Waals surface area (Å²) in [7, 11) is 0. The van der Waals surface area contributed by atoms with Crippen molar-refractivity contribution in [2.45, 2.75) is 45.1 Å². The van der Waals surface area contributed by atoms with Crippen molar-refractivity contribution >= 4 is 22.3 Å². The topological polar surface area (TPSA) is 48.9 Å². The lowest BCUT2D eigenvalue weighted by atomic mass is 10.1. The van der Waals surface area contributed by atoms with E-state index in [2.05, 4.69) is 40.0 Å². The van der Waals surface area contributed by atoms with Crippen molar-refractivity contribution in [1.29, 1.82) is 0 Å². The fraction of sp³-hybridized carbons (Fsp3) is 0.737. The normalized spacial score (nSPS) is 19.2. The molecule has 0 spiro atoms. The zero-order chi connectivity index (χ0) is 17.3. The number of rotatable bonds is 9. The second-order valence-corrected chi connectivity index (χ2v) is 7.92. The van der Waals surface area contributed by atoms with Gasteiger partial charge in [0.05, 0.1) is 5.00 Å². The van der Waals surface area contributed by atoms with E-state index < -0.39 is 0 Å². The number of anilines is 1. The Morgan fingerprint density at radius 1 is 1.32 bits per heavy atom. The molecule has 5 nitrogen and oxygen atoms in total. The molecule has 1 saturated carbocycles. The van der Waals surface area contributed by atoms with Crippen LogP contribution in [0, 0.1) is 5.92 Å². The highest BCUT2D eigenvalue weighted by Crippen LogP contribution is 2.28. The van der Waals surface area contributed by atoms with Crippen LogP contribution in [0.5, 0.6) is 0 Å². The van der Waals surface area contributed by atoms with Gasteiger partial charge in [0, 0.05) is 45.4 Å². The number of hydrogen-bond acceptors (Lipinski definition) is 4. The highest BCUT2D eigenvalue weighted by molar-refractivity contribution is 7.14. The first-order valence-electron chi connectivity index (χ1n) is 9.76. The number of guanidine groups is 1. The van der Waals surface area contributed by atoms with Gasteiger partial charge >= 0.3 is 0 Å². The first-order chi connectivity index (χ1) is 12.3. The van der Waals surface area contributed by atoms with Gasteiger partial charge in [-0.2, -0.15) is 0 Å². The number of thiophene rings is 1. The van der Waals surface area contributed by atoms with Gasteiger partial charge in [0.1, 0.15) is 0 Å². The van der Waals surface area contributed by atoms with Crippen molar-refractivity contribution < 1.29 is 4.74 Å². The SMILES string of the molecule is CCNC(=NCCCOCC1CC1)NC1CCN(c2cccs2)CC1. The van der Waals surface area contributed by atoms with Crippen LogP contribution in [-0.2, 0) is 4.74 Å². The second kappa shape index (κ2) is 10.0. The van der Waals surface area contributed by atoms with Gasteiger partial charge in [-0.15, -0.1) is 11.3 Å². The molecule has 0 radical (unpaired) electrons. The first kappa shape index (κ1) is 18.5. The van der Waals surface area contributed by atoms with Crippen LogP contribution in [0.25, 0.3) is 0 Å². The molecule has 0 atom stereocenters. The predicted molar refractivity (Wildman–Crippen MR) is 107 cm³/mol. The van der Waals surface area contributed by atoms with Crippen LogP contribution >= 0.6 is 11.3 Å². The third-order valence-electron chi connectivity index (χ3n) is 4.77. The molecule has 1 aliphatic heterocycles. The Morgan fingerprint density at radius 2 is 2.16 bits per heavy atom. The summed E-state index contributed by atoms with van der Waals surface area (Å²) in [6.45, 7) is 7.87. The lowest BCUT2D eigenvalue weighted by Crippen LogP contribution is -2.48. The van der Waals surface area contributed by atoms with E-state index in [1.54, 1.807) is 0 Å². The predicted octanol–water partition coefficient (Wildman–Crippen LogP) is 3.09. The maximum absolute atomic E-state index is 5.68. The molecule has 0 bridgehead atoms. The fourth-order valence-electron chi connectivity index (χ4n) is 3.10. The van der Waals surface area contributed by atoms with E-state index >= 15 is 0 Å². The van der Waals surface area contributed by atoms with E-state index in [1.165, 1.54) is 17.8 Å². The van der Waals surface area contributed by atoms with Crippen molar-refractivity contribution in [3.63, 3.8) is 0 Å². The molecule has 1 aromatic heterocycles. The van der Waals surface area contributed by atoms with Gasteiger partial charge in [0.15, 0.2) is 5.96 Å². The molecule has 2 fully saturated rings. The summed E-state index contributed by atoms with van der Waals surface area (Å²) < 4.78 is 5.68. The lowest BCUT2D eigenvalue weighted by molar-refractivity contribution is 0.123. The van der Waals surface area contributed by atoms with E-state index in [0.717, 1.165) is 70.5 Å². The Hall–Kier alpha value is -1.27. The standard InChI is InChI=1S/C19H32N4OS/c1-2-20-19(21-10-4-13-24-15-16-6-7-16)22-17-8-11-23(12-9-17)18-5-3-14-25-18/h3,5,14,16-17H,2,4,6-13,15H2,1H3,(H2,20,21,22). The zero-order valence-corrected chi connectivity index (χ0v) is 16.2. The molecule has 2 heterocycles. The highest BCUT2D eigenvalue weighted by atomic mass is 32.1. The first-order valence-corrected chi connectivity index (χ1v) is 10.6. The average Bonchev–Trinajstić information content (AvgIpc) is 3.29. The van der Waals surface area contributed by atoms with Crippen molar-refractivity contribution in [1.82, 2.24) is 10.6 Å². The van der Waals surface area contributed by atoms with Crippen LogP contribution in [-0.4, -0.2) is 51.4 Å². The number of hydrogen-bond donors (Lipinski definition) is 2. The molecule has 1 aromatic rings.